The minimum Gasteiger partial charge on any atom is -0.497 e. The quantitative estimate of drug-likeness (QED) is 0.824. The van der Waals surface area contributed by atoms with Gasteiger partial charge >= 0.3 is 0 Å². The Morgan fingerprint density at radius 3 is 2.50 bits per heavy atom. The van der Waals surface area contributed by atoms with Crippen LogP contribution in [0.4, 0.5) is 11.4 Å². The Kier molecular flexibility index (Phi) is 4.90. The summed E-state index contributed by atoms with van der Waals surface area (Å²) >= 11 is 0. The largest absolute Gasteiger partial charge is 0.497 e. The van der Waals surface area contributed by atoms with Crippen LogP contribution in [0.15, 0.2) is 42.5 Å². The van der Waals surface area contributed by atoms with Gasteiger partial charge in [-0.25, -0.2) is 8.42 Å². The van der Waals surface area contributed by atoms with E-state index in [1.54, 1.807) is 43.5 Å². The van der Waals surface area contributed by atoms with Crippen LogP contribution in [-0.2, 0) is 14.8 Å². The van der Waals surface area contributed by atoms with Crippen molar-refractivity contribution < 1.29 is 27.4 Å². The van der Waals surface area contributed by atoms with Gasteiger partial charge in [0, 0.05) is 11.8 Å². The van der Waals surface area contributed by atoms with Crippen molar-refractivity contribution in [1.82, 2.24) is 0 Å². The van der Waals surface area contributed by atoms with Crippen LogP contribution in [0, 0.1) is 0 Å². The van der Waals surface area contributed by atoms with E-state index in [0.29, 0.717) is 28.6 Å². The standard InChI is InChI=1S/C17H18N2O6S/c1-23-14-6-3-12(4-7-14)18-17(20)10-19(26(2,21)22)13-5-8-15-16(9-13)25-11-24-15/h3-9H,10-11H2,1-2H3,(H,18,20). The zero-order chi connectivity index (χ0) is 18.7. The fourth-order valence-corrected chi connectivity index (χ4v) is 3.29. The lowest BCUT2D eigenvalue weighted by atomic mass is 10.2. The van der Waals surface area contributed by atoms with Gasteiger partial charge in [0.2, 0.25) is 22.7 Å². The zero-order valence-corrected chi connectivity index (χ0v) is 15.1. The molecule has 0 bridgehead atoms. The number of ether oxygens (including phenoxy) is 3. The van der Waals surface area contributed by atoms with Crippen LogP contribution in [-0.4, -0.2) is 41.0 Å². The maximum atomic E-state index is 12.3. The summed E-state index contributed by atoms with van der Waals surface area (Å²) in [5.41, 5.74) is 0.858. The number of amides is 1. The molecule has 0 radical (unpaired) electrons. The molecule has 0 saturated carbocycles. The predicted octanol–water partition coefficient (Wildman–Crippen LogP) is 1.83. The number of benzene rings is 2. The van der Waals surface area contributed by atoms with E-state index in [2.05, 4.69) is 5.32 Å². The molecule has 1 heterocycles. The molecule has 1 aliphatic heterocycles. The first-order valence-corrected chi connectivity index (χ1v) is 9.53. The SMILES string of the molecule is COc1ccc(NC(=O)CN(c2ccc3c(c2)OCO3)S(C)(=O)=O)cc1. The molecular weight excluding hydrogens is 360 g/mol. The molecule has 26 heavy (non-hydrogen) atoms. The second-order valence-corrected chi connectivity index (χ2v) is 7.49. The number of sulfonamides is 1. The number of hydrogen-bond donors (Lipinski definition) is 1. The van der Waals surface area contributed by atoms with Crippen LogP contribution >= 0.6 is 0 Å². The first kappa shape index (κ1) is 17.9. The van der Waals surface area contributed by atoms with E-state index in [0.717, 1.165) is 10.6 Å². The van der Waals surface area contributed by atoms with Crippen molar-refractivity contribution in [2.75, 3.05) is 36.3 Å². The smallest absolute Gasteiger partial charge is 0.245 e. The van der Waals surface area contributed by atoms with E-state index in [-0.39, 0.29) is 13.3 Å². The van der Waals surface area contributed by atoms with Gasteiger partial charge in [0.1, 0.15) is 12.3 Å². The summed E-state index contributed by atoms with van der Waals surface area (Å²) in [6.45, 7) is -0.292. The minimum absolute atomic E-state index is 0.0790. The number of anilines is 2. The minimum atomic E-state index is -3.68. The number of rotatable bonds is 6. The molecule has 1 N–H and O–H groups in total. The molecule has 3 rings (SSSR count). The third-order valence-electron chi connectivity index (χ3n) is 3.71. The zero-order valence-electron chi connectivity index (χ0n) is 14.3. The molecule has 0 fully saturated rings. The van der Waals surface area contributed by atoms with Crippen LogP contribution in [0.2, 0.25) is 0 Å². The summed E-state index contributed by atoms with van der Waals surface area (Å²) in [5, 5.41) is 2.66. The number of carbonyl (C=O) groups is 1. The van der Waals surface area contributed by atoms with E-state index in [1.807, 2.05) is 0 Å². The first-order valence-electron chi connectivity index (χ1n) is 7.68. The molecule has 2 aromatic rings. The number of hydrogen-bond acceptors (Lipinski definition) is 6. The molecule has 1 amide bonds. The molecule has 0 unspecified atom stereocenters. The Morgan fingerprint density at radius 1 is 1.15 bits per heavy atom. The first-order chi connectivity index (χ1) is 12.4. The van der Waals surface area contributed by atoms with Gasteiger partial charge in [0.15, 0.2) is 11.5 Å². The molecule has 1 aliphatic rings. The average Bonchev–Trinajstić information content (AvgIpc) is 3.07. The van der Waals surface area contributed by atoms with Crippen LogP contribution in [0.1, 0.15) is 0 Å². The van der Waals surface area contributed by atoms with Gasteiger partial charge in [-0.2, -0.15) is 0 Å². The molecular formula is C17H18N2O6S. The molecule has 0 spiro atoms. The van der Waals surface area contributed by atoms with Crippen molar-refractivity contribution in [3.05, 3.63) is 42.5 Å². The highest BCUT2D eigenvalue weighted by molar-refractivity contribution is 7.92. The maximum absolute atomic E-state index is 12.3. The lowest BCUT2D eigenvalue weighted by Gasteiger charge is -2.22. The fourth-order valence-electron chi connectivity index (χ4n) is 2.45. The second kappa shape index (κ2) is 7.12. The van der Waals surface area contributed by atoms with Gasteiger partial charge in [-0.15, -0.1) is 0 Å². The molecule has 138 valence electrons. The van der Waals surface area contributed by atoms with Crippen molar-refractivity contribution in [3.8, 4) is 17.2 Å². The number of fused-ring (bicyclic) bond motifs is 1. The van der Waals surface area contributed by atoms with E-state index < -0.39 is 15.9 Å². The summed E-state index contributed by atoms with van der Waals surface area (Å²) in [7, 11) is -2.13. The highest BCUT2D eigenvalue weighted by atomic mass is 32.2. The van der Waals surface area contributed by atoms with E-state index in [4.69, 9.17) is 14.2 Å². The molecule has 0 atom stereocenters. The Morgan fingerprint density at radius 2 is 1.85 bits per heavy atom. The molecule has 0 saturated heterocycles. The topological polar surface area (TPSA) is 94.2 Å². The molecule has 0 aromatic heterocycles. The van der Waals surface area contributed by atoms with E-state index in [1.165, 1.54) is 6.07 Å². The van der Waals surface area contributed by atoms with Crippen LogP contribution in [0.5, 0.6) is 17.2 Å². The molecule has 8 nitrogen and oxygen atoms in total. The van der Waals surface area contributed by atoms with Crippen LogP contribution < -0.4 is 23.8 Å². The van der Waals surface area contributed by atoms with Gasteiger partial charge in [-0.05, 0) is 36.4 Å². The van der Waals surface area contributed by atoms with Crippen molar-refractivity contribution >= 4 is 27.3 Å². The Labute approximate surface area is 151 Å². The third kappa shape index (κ3) is 3.99. The molecule has 0 aliphatic carbocycles. The molecule has 2 aromatic carbocycles. The number of methoxy groups -OCH3 is 1. The number of nitrogens with one attached hydrogen (secondary N) is 1. The normalized spacial score (nSPS) is 12.5. The van der Waals surface area contributed by atoms with Gasteiger partial charge in [-0.1, -0.05) is 0 Å². The number of nitrogens with zero attached hydrogens (tertiary/aromatic N) is 1. The molecule has 9 heteroatoms. The summed E-state index contributed by atoms with van der Waals surface area (Å²) in [6.07, 6.45) is 1.04. The highest BCUT2D eigenvalue weighted by Crippen LogP contribution is 2.36. The summed E-state index contributed by atoms with van der Waals surface area (Å²) in [5.74, 6) is 1.15. The fraction of sp³-hybridized carbons (Fsp3) is 0.235. The van der Waals surface area contributed by atoms with Crippen molar-refractivity contribution in [1.29, 1.82) is 0 Å². The lowest BCUT2D eigenvalue weighted by Crippen LogP contribution is -2.37. The Balaban J connectivity index is 1.77. The van der Waals surface area contributed by atoms with Gasteiger partial charge in [0.05, 0.1) is 19.1 Å². The Hall–Kier alpha value is -2.94. The van der Waals surface area contributed by atoms with Crippen LogP contribution in [0.25, 0.3) is 0 Å². The van der Waals surface area contributed by atoms with Crippen molar-refractivity contribution in [3.63, 3.8) is 0 Å². The predicted molar refractivity (Wildman–Crippen MR) is 96.4 cm³/mol. The lowest BCUT2D eigenvalue weighted by molar-refractivity contribution is -0.114. The summed E-state index contributed by atoms with van der Waals surface area (Å²) < 4.78 is 40.9. The van der Waals surface area contributed by atoms with Crippen molar-refractivity contribution in [2.24, 2.45) is 0 Å². The van der Waals surface area contributed by atoms with Crippen LogP contribution in [0.3, 0.4) is 0 Å². The summed E-state index contributed by atoms with van der Waals surface area (Å²) in [6, 6.07) is 11.4. The monoisotopic (exact) mass is 378 g/mol. The van der Waals surface area contributed by atoms with Crippen molar-refractivity contribution in [2.45, 2.75) is 0 Å². The van der Waals surface area contributed by atoms with E-state index in [9.17, 15) is 13.2 Å². The Bertz CT molecular complexity index is 911. The summed E-state index contributed by atoms with van der Waals surface area (Å²) in [4.78, 5) is 12.3. The average molecular weight is 378 g/mol. The maximum Gasteiger partial charge on any atom is 0.245 e. The van der Waals surface area contributed by atoms with Gasteiger partial charge in [0.25, 0.3) is 0 Å². The third-order valence-corrected chi connectivity index (χ3v) is 4.85. The van der Waals surface area contributed by atoms with Gasteiger partial charge in [-0.3, -0.25) is 9.10 Å². The van der Waals surface area contributed by atoms with E-state index >= 15 is 0 Å². The number of carbonyl (C=O) groups excluding carboxylic acids is 1. The second-order valence-electron chi connectivity index (χ2n) is 5.58. The van der Waals surface area contributed by atoms with Gasteiger partial charge < -0.3 is 19.5 Å². The highest BCUT2D eigenvalue weighted by Gasteiger charge is 2.23.